The van der Waals surface area contributed by atoms with Crippen molar-refractivity contribution in [2.45, 2.75) is 45.4 Å². The molecule has 23 heavy (non-hydrogen) atoms. The van der Waals surface area contributed by atoms with Crippen molar-refractivity contribution < 1.29 is 9.66 Å². The molecule has 2 aliphatic heterocycles. The Labute approximate surface area is 136 Å². The summed E-state index contributed by atoms with van der Waals surface area (Å²) in [4.78, 5) is 19.1. The first-order valence-electron chi connectivity index (χ1n) is 8.04. The third-order valence-corrected chi connectivity index (χ3v) is 4.64. The summed E-state index contributed by atoms with van der Waals surface area (Å²) in [6.45, 7) is 14.3. The van der Waals surface area contributed by atoms with Crippen LogP contribution < -0.4 is 4.74 Å². The van der Waals surface area contributed by atoms with E-state index in [0.29, 0.717) is 12.6 Å². The maximum absolute atomic E-state index is 10.8. The number of hydrogen-bond donors (Lipinski definition) is 0. The minimum atomic E-state index is -0.488. The SMILES string of the molecule is CC(C)(C)N1CCN(C[C@@]2(C)Cn3cc([N+](=O)[O-])nc3O2)CC1. The standard InChI is InChI=1S/C15H25N5O3/c1-14(2,3)19-7-5-17(6-8-19)10-15(4)11-18-9-12(20(21)22)16-13(18)23-15/h9H,5-8,10-11H2,1-4H3/t15-/m0/s1. The van der Waals surface area contributed by atoms with Gasteiger partial charge in [0.25, 0.3) is 0 Å². The van der Waals surface area contributed by atoms with E-state index < -0.39 is 4.92 Å². The van der Waals surface area contributed by atoms with E-state index in [9.17, 15) is 10.1 Å². The van der Waals surface area contributed by atoms with Crippen LogP contribution in [-0.4, -0.2) is 68.1 Å². The lowest BCUT2D eigenvalue weighted by atomic mass is 10.0. The predicted octanol–water partition coefficient (Wildman–Crippen LogP) is 1.36. The van der Waals surface area contributed by atoms with Crippen LogP contribution in [0.4, 0.5) is 5.82 Å². The van der Waals surface area contributed by atoms with Gasteiger partial charge in [0.2, 0.25) is 0 Å². The summed E-state index contributed by atoms with van der Waals surface area (Å²) in [5.41, 5.74) is -0.164. The van der Waals surface area contributed by atoms with Gasteiger partial charge in [-0.1, -0.05) is 0 Å². The average Bonchev–Trinajstić information content (AvgIpc) is 2.93. The molecule has 0 amide bonds. The molecular weight excluding hydrogens is 298 g/mol. The van der Waals surface area contributed by atoms with E-state index in [1.807, 2.05) is 6.92 Å². The summed E-state index contributed by atoms with van der Waals surface area (Å²) in [5.74, 6) is -0.152. The van der Waals surface area contributed by atoms with Gasteiger partial charge in [0.1, 0.15) is 11.8 Å². The molecule has 1 aromatic rings. The molecule has 0 radical (unpaired) electrons. The summed E-state index contributed by atoms with van der Waals surface area (Å²) in [7, 11) is 0. The van der Waals surface area contributed by atoms with E-state index in [0.717, 1.165) is 32.7 Å². The Hall–Kier alpha value is -1.67. The molecule has 3 rings (SSSR count). The largest absolute Gasteiger partial charge is 0.436 e. The van der Waals surface area contributed by atoms with Gasteiger partial charge < -0.3 is 14.9 Å². The highest BCUT2D eigenvalue weighted by Gasteiger charge is 2.42. The molecule has 0 bridgehead atoms. The average molecular weight is 323 g/mol. The lowest BCUT2D eigenvalue weighted by Gasteiger charge is -2.43. The highest BCUT2D eigenvalue weighted by Crippen LogP contribution is 2.31. The number of ether oxygens (including phenoxy) is 1. The van der Waals surface area contributed by atoms with Crippen LogP contribution in [0.5, 0.6) is 6.01 Å². The van der Waals surface area contributed by atoms with Crippen LogP contribution in [-0.2, 0) is 6.54 Å². The molecule has 2 aliphatic rings. The molecule has 1 atom stereocenters. The van der Waals surface area contributed by atoms with E-state index in [2.05, 4.69) is 35.6 Å². The van der Waals surface area contributed by atoms with Gasteiger partial charge in [-0.25, -0.2) is 0 Å². The maximum atomic E-state index is 10.8. The van der Waals surface area contributed by atoms with Crippen LogP contribution in [0, 0.1) is 10.1 Å². The number of piperazine rings is 1. The zero-order chi connectivity index (χ0) is 16.8. The second-order valence-corrected chi connectivity index (χ2v) is 7.75. The molecular formula is C15H25N5O3. The molecule has 3 heterocycles. The molecule has 0 spiro atoms. The molecule has 0 aliphatic carbocycles. The number of rotatable bonds is 3. The highest BCUT2D eigenvalue weighted by atomic mass is 16.6. The van der Waals surface area contributed by atoms with Gasteiger partial charge in [0.05, 0.1) is 6.54 Å². The Morgan fingerprint density at radius 2 is 2.00 bits per heavy atom. The van der Waals surface area contributed by atoms with Gasteiger partial charge in [-0.05, 0) is 32.6 Å². The minimum absolute atomic E-state index is 0.152. The van der Waals surface area contributed by atoms with Gasteiger partial charge in [0.15, 0.2) is 0 Å². The van der Waals surface area contributed by atoms with Gasteiger partial charge in [0, 0.05) is 43.2 Å². The molecule has 1 aromatic heterocycles. The Bertz CT molecular complexity index is 575. The Kier molecular flexibility index (Phi) is 3.84. The van der Waals surface area contributed by atoms with Crippen LogP contribution in [0.3, 0.4) is 0 Å². The van der Waals surface area contributed by atoms with Crippen molar-refractivity contribution >= 4 is 5.82 Å². The van der Waals surface area contributed by atoms with E-state index in [4.69, 9.17) is 4.74 Å². The van der Waals surface area contributed by atoms with E-state index in [1.165, 1.54) is 6.20 Å². The fourth-order valence-electron chi connectivity index (χ4n) is 3.41. The normalized spacial score (nSPS) is 26.1. The first-order chi connectivity index (χ1) is 10.7. The molecule has 0 unspecified atom stereocenters. The molecule has 8 heteroatoms. The molecule has 0 N–H and O–H groups in total. The van der Waals surface area contributed by atoms with Crippen molar-refractivity contribution in [1.82, 2.24) is 19.4 Å². The Balaban J connectivity index is 1.57. The molecule has 128 valence electrons. The fourth-order valence-corrected chi connectivity index (χ4v) is 3.41. The summed E-state index contributed by atoms with van der Waals surface area (Å²) >= 11 is 0. The molecule has 8 nitrogen and oxygen atoms in total. The van der Waals surface area contributed by atoms with Crippen molar-refractivity contribution in [3.63, 3.8) is 0 Å². The van der Waals surface area contributed by atoms with Crippen molar-refractivity contribution in [2.75, 3.05) is 32.7 Å². The smallest absolute Gasteiger partial charge is 0.415 e. The van der Waals surface area contributed by atoms with Gasteiger partial charge in [-0.2, -0.15) is 0 Å². The topological polar surface area (TPSA) is 76.7 Å². The number of imidazole rings is 1. The third kappa shape index (κ3) is 3.32. The molecule has 0 saturated carbocycles. The number of aromatic nitrogens is 2. The molecule has 0 aromatic carbocycles. The van der Waals surface area contributed by atoms with Crippen molar-refractivity contribution in [1.29, 1.82) is 0 Å². The number of nitrogens with zero attached hydrogens (tertiary/aromatic N) is 5. The predicted molar refractivity (Wildman–Crippen MR) is 85.7 cm³/mol. The van der Waals surface area contributed by atoms with Crippen molar-refractivity contribution in [3.8, 4) is 6.01 Å². The van der Waals surface area contributed by atoms with E-state index >= 15 is 0 Å². The Morgan fingerprint density at radius 3 is 2.52 bits per heavy atom. The summed E-state index contributed by atoms with van der Waals surface area (Å²) in [5, 5.41) is 10.8. The number of nitro groups is 1. The lowest BCUT2D eigenvalue weighted by Crippen LogP contribution is -2.56. The van der Waals surface area contributed by atoms with Crippen LogP contribution in [0.1, 0.15) is 27.7 Å². The quantitative estimate of drug-likeness (QED) is 0.617. The van der Waals surface area contributed by atoms with E-state index in [-0.39, 0.29) is 17.0 Å². The van der Waals surface area contributed by atoms with Crippen LogP contribution in [0.2, 0.25) is 0 Å². The van der Waals surface area contributed by atoms with Crippen molar-refractivity contribution in [2.24, 2.45) is 0 Å². The van der Waals surface area contributed by atoms with Crippen LogP contribution >= 0.6 is 0 Å². The van der Waals surface area contributed by atoms with Crippen LogP contribution in [0.25, 0.3) is 0 Å². The zero-order valence-electron chi connectivity index (χ0n) is 14.3. The minimum Gasteiger partial charge on any atom is -0.436 e. The van der Waals surface area contributed by atoms with Crippen LogP contribution in [0.15, 0.2) is 6.20 Å². The first-order valence-corrected chi connectivity index (χ1v) is 8.04. The Morgan fingerprint density at radius 1 is 1.35 bits per heavy atom. The third-order valence-electron chi connectivity index (χ3n) is 4.64. The fraction of sp³-hybridized carbons (Fsp3) is 0.800. The van der Waals surface area contributed by atoms with Crippen molar-refractivity contribution in [3.05, 3.63) is 16.3 Å². The van der Waals surface area contributed by atoms with Gasteiger partial charge in [-0.3, -0.25) is 14.4 Å². The highest BCUT2D eigenvalue weighted by molar-refractivity contribution is 5.23. The summed E-state index contributed by atoms with van der Waals surface area (Å²) in [6, 6.07) is 0.354. The maximum Gasteiger partial charge on any atom is 0.415 e. The zero-order valence-corrected chi connectivity index (χ0v) is 14.3. The number of hydrogen-bond acceptors (Lipinski definition) is 6. The molecule has 1 fully saturated rings. The summed E-state index contributed by atoms with van der Waals surface area (Å²) < 4.78 is 7.65. The second-order valence-electron chi connectivity index (χ2n) is 7.75. The van der Waals surface area contributed by atoms with E-state index in [1.54, 1.807) is 4.57 Å². The van der Waals surface area contributed by atoms with Gasteiger partial charge >= 0.3 is 11.8 Å². The number of fused-ring (bicyclic) bond motifs is 1. The summed E-state index contributed by atoms with van der Waals surface area (Å²) in [6.07, 6.45) is 1.46. The first kappa shape index (κ1) is 16.2. The second kappa shape index (κ2) is 5.45. The monoisotopic (exact) mass is 323 g/mol. The lowest BCUT2D eigenvalue weighted by molar-refractivity contribution is -0.389. The molecule has 1 saturated heterocycles. The van der Waals surface area contributed by atoms with Gasteiger partial charge in [-0.15, -0.1) is 0 Å².